The van der Waals surface area contributed by atoms with Gasteiger partial charge in [-0.2, -0.15) is 0 Å². The molecule has 19 heavy (non-hydrogen) atoms. The lowest BCUT2D eigenvalue weighted by atomic mass is 9.80. The first-order valence-corrected chi connectivity index (χ1v) is 9.32. The highest BCUT2D eigenvalue weighted by molar-refractivity contribution is 9.09. The summed E-state index contributed by atoms with van der Waals surface area (Å²) in [5.41, 5.74) is 3.92. The van der Waals surface area contributed by atoms with Crippen LogP contribution in [0, 0.1) is 13.8 Å². The minimum Gasteiger partial charge on any atom is -0.247 e. The monoisotopic (exact) mass is 401 g/mol. The van der Waals surface area contributed by atoms with Gasteiger partial charge in [-0.05, 0) is 19.4 Å². The number of hydrogen-bond acceptors (Lipinski definition) is 2. The van der Waals surface area contributed by atoms with Gasteiger partial charge in [-0.3, -0.25) is 0 Å². The molecule has 0 unspecified atom stereocenters. The molecule has 1 nitrogen and oxygen atoms in total. The summed E-state index contributed by atoms with van der Waals surface area (Å²) in [5.74, 6) is 0. The zero-order chi connectivity index (χ0) is 13.9. The molecule has 0 aliphatic heterocycles. The number of halogens is 2. The number of nitrogens with zero attached hydrogens (tertiary/aromatic N) is 1. The minimum atomic E-state index is 0.0620. The van der Waals surface area contributed by atoms with Gasteiger partial charge in [-0.15, -0.1) is 11.3 Å². The molecular formula is C15H17Br2NS. The van der Waals surface area contributed by atoms with Gasteiger partial charge in [0.15, 0.2) is 0 Å². The minimum absolute atomic E-state index is 0.0620. The van der Waals surface area contributed by atoms with Crippen LogP contribution in [0.3, 0.4) is 0 Å². The van der Waals surface area contributed by atoms with Gasteiger partial charge >= 0.3 is 0 Å². The standard InChI is InChI=1S/C15H17Br2NS/c1-11-4-3-5-13(6-11)15(9-16,10-17)7-14-8-19-12(2)18-14/h3-6,8H,7,9-10H2,1-2H3. The van der Waals surface area contributed by atoms with Gasteiger partial charge in [0, 0.05) is 27.9 Å². The molecule has 0 aliphatic carbocycles. The quantitative estimate of drug-likeness (QED) is 0.639. The van der Waals surface area contributed by atoms with Crippen molar-refractivity contribution in [1.29, 1.82) is 0 Å². The molecule has 0 saturated carbocycles. The smallest absolute Gasteiger partial charge is 0.0897 e. The third-order valence-corrected chi connectivity index (χ3v) is 6.30. The van der Waals surface area contributed by atoms with Crippen LogP contribution in [0.2, 0.25) is 0 Å². The van der Waals surface area contributed by atoms with E-state index in [4.69, 9.17) is 0 Å². The number of aromatic nitrogens is 1. The van der Waals surface area contributed by atoms with Gasteiger partial charge in [-0.25, -0.2) is 4.98 Å². The fourth-order valence-corrected chi connectivity index (χ4v) is 4.78. The molecule has 0 spiro atoms. The third kappa shape index (κ3) is 3.47. The lowest BCUT2D eigenvalue weighted by Gasteiger charge is -2.30. The van der Waals surface area contributed by atoms with Crippen LogP contribution < -0.4 is 0 Å². The highest BCUT2D eigenvalue weighted by atomic mass is 79.9. The van der Waals surface area contributed by atoms with Crippen molar-refractivity contribution in [2.45, 2.75) is 25.7 Å². The van der Waals surface area contributed by atoms with E-state index >= 15 is 0 Å². The predicted octanol–water partition coefficient (Wildman–Crippen LogP) is 5.03. The van der Waals surface area contributed by atoms with Gasteiger partial charge in [0.1, 0.15) is 0 Å². The van der Waals surface area contributed by atoms with Crippen molar-refractivity contribution in [2.75, 3.05) is 10.7 Å². The summed E-state index contributed by atoms with van der Waals surface area (Å²) in [6.45, 7) is 4.20. The van der Waals surface area contributed by atoms with E-state index in [9.17, 15) is 0 Å². The largest absolute Gasteiger partial charge is 0.247 e. The van der Waals surface area contributed by atoms with E-state index in [1.165, 1.54) is 16.8 Å². The maximum atomic E-state index is 4.62. The Hall–Kier alpha value is -0.190. The van der Waals surface area contributed by atoms with Crippen molar-refractivity contribution in [3.63, 3.8) is 0 Å². The average Bonchev–Trinajstić information content (AvgIpc) is 2.81. The number of alkyl halides is 2. The molecule has 102 valence electrons. The van der Waals surface area contributed by atoms with Crippen LogP contribution in [-0.2, 0) is 11.8 Å². The normalized spacial score (nSPS) is 11.8. The molecule has 0 amide bonds. The van der Waals surface area contributed by atoms with Crippen molar-refractivity contribution in [3.8, 4) is 0 Å². The summed E-state index contributed by atoms with van der Waals surface area (Å²) >= 11 is 9.13. The van der Waals surface area contributed by atoms with E-state index in [-0.39, 0.29) is 5.41 Å². The SMILES string of the molecule is Cc1cccc(C(CBr)(CBr)Cc2csc(C)n2)c1. The van der Waals surface area contributed by atoms with Crippen molar-refractivity contribution < 1.29 is 0 Å². The van der Waals surface area contributed by atoms with Gasteiger partial charge in [0.25, 0.3) is 0 Å². The second kappa shape index (κ2) is 6.51. The first kappa shape index (κ1) is 15.2. The Kier molecular flexibility index (Phi) is 5.21. The first-order chi connectivity index (χ1) is 9.09. The van der Waals surface area contributed by atoms with Gasteiger partial charge in [-0.1, -0.05) is 61.7 Å². The van der Waals surface area contributed by atoms with Crippen LogP contribution in [-0.4, -0.2) is 15.6 Å². The molecule has 0 atom stereocenters. The maximum Gasteiger partial charge on any atom is 0.0897 e. The Balaban J connectivity index is 2.37. The van der Waals surface area contributed by atoms with Crippen LogP contribution >= 0.6 is 43.2 Å². The molecule has 0 saturated heterocycles. The zero-order valence-corrected chi connectivity index (χ0v) is 15.1. The maximum absolute atomic E-state index is 4.62. The molecule has 2 rings (SSSR count). The number of aryl methyl sites for hydroxylation is 2. The van der Waals surface area contributed by atoms with Crippen molar-refractivity contribution in [2.24, 2.45) is 0 Å². The summed E-state index contributed by atoms with van der Waals surface area (Å²) in [6.07, 6.45) is 0.956. The Morgan fingerprint density at radius 1 is 1.21 bits per heavy atom. The topological polar surface area (TPSA) is 12.9 Å². The lowest BCUT2D eigenvalue weighted by Crippen LogP contribution is -2.33. The van der Waals surface area contributed by atoms with E-state index in [1.54, 1.807) is 11.3 Å². The second-order valence-corrected chi connectivity index (χ2v) is 7.14. The summed E-state index contributed by atoms with van der Waals surface area (Å²) in [6, 6.07) is 8.78. The fraction of sp³-hybridized carbons (Fsp3) is 0.400. The molecule has 0 bridgehead atoms. The van der Waals surface area contributed by atoms with E-state index < -0.39 is 0 Å². The molecule has 0 N–H and O–H groups in total. The lowest BCUT2D eigenvalue weighted by molar-refractivity contribution is 0.544. The molecule has 2 aromatic rings. The Morgan fingerprint density at radius 2 is 1.95 bits per heavy atom. The van der Waals surface area contributed by atoms with Crippen LogP contribution in [0.5, 0.6) is 0 Å². The second-order valence-electron chi connectivity index (χ2n) is 4.95. The average molecular weight is 403 g/mol. The van der Waals surface area contributed by atoms with Crippen molar-refractivity contribution in [3.05, 3.63) is 51.5 Å². The van der Waals surface area contributed by atoms with Crippen LogP contribution in [0.4, 0.5) is 0 Å². The van der Waals surface area contributed by atoms with Gasteiger partial charge in [0.05, 0.1) is 10.7 Å². The van der Waals surface area contributed by atoms with Gasteiger partial charge in [0.2, 0.25) is 0 Å². The number of rotatable bonds is 5. The first-order valence-electron chi connectivity index (χ1n) is 6.20. The summed E-state index contributed by atoms with van der Waals surface area (Å²) < 4.78 is 0. The van der Waals surface area contributed by atoms with Crippen molar-refractivity contribution >= 4 is 43.2 Å². The molecule has 1 aromatic carbocycles. The molecule has 0 radical (unpaired) electrons. The van der Waals surface area contributed by atoms with Crippen LogP contribution in [0.15, 0.2) is 29.6 Å². The Morgan fingerprint density at radius 3 is 2.47 bits per heavy atom. The predicted molar refractivity (Wildman–Crippen MR) is 91.0 cm³/mol. The molecule has 0 aliphatic rings. The molecule has 1 aromatic heterocycles. The Labute approximate surface area is 135 Å². The molecule has 1 heterocycles. The number of benzene rings is 1. The molecular weight excluding hydrogens is 386 g/mol. The van der Waals surface area contributed by atoms with E-state index in [2.05, 4.69) is 80.3 Å². The zero-order valence-electron chi connectivity index (χ0n) is 11.1. The van der Waals surface area contributed by atoms with Crippen LogP contribution in [0.25, 0.3) is 0 Å². The highest BCUT2D eigenvalue weighted by Crippen LogP contribution is 2.33. The highest BCUT2D eigenvalue weighted by Gasteiger charge is 2.31. The fourth-order valence-electron chi connectivity index (χ4n) is 2.20. The summed E-state index contributed by atoms with van der Waals surface area (Å²) in [5, 5.41) is 5.15. The third-order valence-electron chi connectivity index (χ3n) is 3.33. The molecule has 0 fully saturated rings. The summed E-state index contributed by atoms with van der Waals surface area (Å²) in [7, 11) is 0. The van der Waals surface area contributed by atoms with E-state index in [0.29, 0.717) is 0 Å². The molecule has 4 heteroatoms. The van der Waals surface area contributed by atoms with Crippen molar-refractivity contribution in [1.82, 2.24) is 4.98 Å². The number of thiazole rings is 1. The van der Waals surface area contributed by atoms with Crippen LogP contribution in [0.1, 0.15) is 21.8 Å². The van der Waals surface area contributed by atoms with E-state index in [0.717, 1.165) is 22.1 Å². The van der Waals surface area contributed by atoms with E-state index in [1.807, 2.05) is 0 Å². The Bertz CT molecular complexity index is 547. The number of hydrogen-bond donors (Lipinski definition) is 0. The summed E-state index contributed by atoms with van der Waals surface area (Å²) in [4.78, 5) is 4.62. The van der Waals surface area contributed by atoms with Gasteiger partial charge < -0.3 is 0 Å².